The molecule has 1 aromatic heterocycles. The molecule has 1 aromatic rings. The van der Waals surface area contributed by atoms with Crippen molar-refractivity contribution in [3.05, 3.63) is 18.0 Å². The van der Waals surface area contributed by atoms with Crippen molar-refractivity contribution in [3.8, 4) is 0 Å². The fraction of sp³-hybridized carbons (Fsp3) is 0. The van der Waals surface area contributed by atoms with Crippen LogP contribution < -0.4 is 0 Å². The summed E-state index contributed by atoms with van der Waals surface area (Å²) in [7, 11) is 0. The minimum absolute atomic E-state index is 0.458. The second-order valence-electron chi connectivity index (χ2n) is 1.07. The van der Waals surface area contributed by atoms with Crippen molar-refractivity contribution in [2.75, 3.05) is 0 Å². The molecule has 0 bridgehead atoms. The van der Waals surface area contributed by atoms with Gasteiger partial charge in [-0.3, -0.25) is 9.89 Å². The van der Waals surface area contributed by atoms with Crippen LogP contribution in [0, 0.1) is 6.20 Å². The van der Waals surface area contributed by atoms with Crippen LogP contribution in [0.2, 0.25) is 0 Å². The number of hydrogen-bond donors (Lipinski definition) is 1. The third kappa shape index (κ3) is 0.652. The van der Waals surface area contributed by atoms with Gasteiger partial charge in [0.1, 0.15) is 6.20 Å². The Hall–Kier alpha value is -1.12. The molecule has 1 radical (unpaired) electrons. The molecule has 0 saturated heterocycles. The molecule has 0 amide bonds. The number of rotatable bonds is 1. The van der Waals surface area contributed by atoms with E-state index in [4.69, 9.17) is 0 Å². The molecular weight excluding hydrogens is 92.1 g/mol. The van der Waals surface area contributed by atoms with Gasteiger partial charge in [0, 0.05) is 0 Å². The van der Waals surface area contributed by atoms with Crippen LogP contribution in [-0.4, -0.2) is 16.5 Å². The Bertz CT molecular complexity index is 145. The van der Waals surface area contributed by atoms with Crippen LogP contribution in [0.5, 0.6) is 0 Å². The molecule has 0 fully saturated rings. The quantitative estimate of drug-likeness (QED) is 0.500. The van der Waals surface area contributed by atoms with E-state index in [1.54, 1.807) is 0 Å². The minimum atomic E-state index is 0.458. The summed E-state index contributed by atoms with van der Waals surface area (Å²) in [4.78, 5) is 9.78. The SMILES string of the molecule is O=Cc1c[c]n[nH]1. The highest BCUT2D eigenvalue weighted by molar-refractivity contribution is 5.70. The molecule has 0 aliphatic carbocycles. The largest absolute Gasteiger partial charge is 0.296 e. The van der Waals surface area contributed by atoms with Crippen molar-refractivity contribution in [3.63, 3.8) is 0 Å². The molecule has 3 nitrogen and oxygen atoms in total. The Labute approximate surface area is 40.4 Å². The average Bonchev–Trinajstić information content (AvgIpc) is 2.14. The third-order valence-corrected chi connectivity index (χ3v) is 0.597. The molecule has 0 aliphatic rings. The van der Waals surface area contributed by atoms with Crippen LogP contribution in [-0.2, 0) is 0 Å². The maximum absolute atomic E-state index is 9.78. The highest BCUT2D eigenvalue weighted by atomic mass is 16.1. The standard InChI is InChI=1S/C4H3N2O/c7-3-4-1-2-5-6-4/h1,3H,(H,5,6). The average molecular weight is 95.1 g/mol. The number of hydrogen-bond acceptors (Lipinski definition) is 2. The molecule has 1 N–H and O–H groups in total. The van der Waals surface area contributed by atoms with Gasteiger partial charge in [0.2, 0.25) is 0 Å². The second-order valence-corrected chi connectivity index (χ2v) is 1.07. The van der Waals surface area contributed by atoms with E-state index >= 15 is 0 Å². The maximum Gasteiger partial charge on any atom is 0.167 e. The van der Waals surface area contributed by atoms with E-state index in [0.29, 0.717) is 12.0 Å². The molecular formula is C4H3N2O. The highest BCUT2D eigenvalue weighted by Gasteiger charge is 1.83. The Kier molecular flexibility index (Phi) is 0.898. The minimum Gasteiger partial charge on any atom is -0.296 e. The molecule has 35 valence electrons. The Morgan fingerprint density at radius 1 is 2.00 bits per heavy atom. The van der Waals surface area contributed by atoms with Gasteiger partial charge in [-0.05, 0) is 6.07 Å². The number of carbonyl (C=O) groups excluding carboxylic acids is 1. The molecule has 0 unspecified atom stereocenters. The van der Waals surface area contributed by atoms with E-state index in [1.165, 1.54) is 6.07 Å². The first-order valence-corrected chi connectivity index (χ1v) is 1.80. The normalized spacial score (nSPS) is 8.57. The number of nitrogens with zero attached hydrogens (tertiary/aromatic N) is 1. The van der Waals surface area contributed by atoms with Gasteiger partial charge in [0.15, 0.2) is 6.29 Å². The topological polar surface area (TPSA) is 45.8 Å². The summed E-state index contributed by atoms with van der Waals surface area (Å²) >= 11 is 0. The van der Waals surface area contributed by atoms with Gasteiger partial charge in [-0.1, -0.05) is 0 Å². The molecule has 1 rings (SSSR count). The predicted molar refractivity (Wildman–Crippen MR) is 22.8 cm³/mol. The molecule has 1 heterocycles. The van der Waals surface area contributed by atoms with Crippen LogP contribution in [0.25, 0.3) is 0 Å². The van der Waals surface area contributed by atoms with Crippen molar-refractivity contribution in [2.24, 2.45) is 0 Å². The van der Waals surface area contributed by atoms with Crippen molar-refractivity contribution in [1.82, 2.24) is 10.2 Å². The lowest BCUT2D eigenvalue weighted by Gasteiger charge is -1.67. The molecule has 7 heavy (non-hydrogen) atoms. The number of nitrogens with one attached hydrogen (secondary N) is 1. The predicted octanol–water partition coefficient (Wildman–Crippen LogP) is 0.0224. The highest BCUT2D eigenvalue weighted by Crippen LogP contribution is 1.80. The van der Waals surface area contributed by atoms with E-state index in [2.05, 4.69) is 16.4 Å². The summed E-state index contributed by atoms with van der Waals surface area (Å²) in [6.45, 7) is 0. The summed E-state index contributed by atoms with van der Waals surface area (Å²) in [6, 6.07) is 1.48. The summed E-state index contributed by atoms with van der Waals surface area (Å²) in [6.07, 6.45) is 3.13. The van der Waals surface area contributed by atoms with Crippen LogP contribution in [0.4, 0.5) is 0 Å². The van der Waals surface area contributed by atoms with E-state index < -0.39 is 0 Å². The third-order valence-electron chi connectivity index (χ3n) is 0.597. The van der Waals surface area contributed by atoms with Gasteiger partial charge in [0.25, 0.3) is 0 Å². The summed E-state index contributed by atoms with van der Waals surface area (Å²) in [5, 5.41) is 5.82. The van der Waals surface area contributed by atoms with Gasteiger partial charge in [-0.2, -0.15) is 5.10 Å². The maximum atomic E-state index is 9.78. The van der Waals surface area contributed by atoms with E-state index in [9.17, 15) is 4.79 Å². The number of aldehydes is 1. The zero-order valence-corrected chi connectivity index (χ0v) is 3.51. The fourth-order valence-corrected chi connectivity index (χ4v) is 0.291. The smallest absolute Gasteiger partial charge is 0.167 e. The van der Waals surface area contributed by atoms with Gasteiger partial charge < -0.3 is 0 Å². The van der Waals surface area contributed by atoms with Crippen LogP contribution in [0.15, 0.2) is 6.07 Å². The Morgan fingerprint density at radius 3 is 3.14 bits per heavy atom. The summed E-state index contributed by atoms with van der Waals surface area (Å²) < 4.78 is 0. The zero-order valence-electron chi connectivity index (χ0n) is 3.51. The van der Waals surface area contributed by atoms with E-state index in [0.717, 1.165) is 0 Å². The van der Waals surface area contributed by atoms with Crippen molar-refractivity contribution in [1.29, 1.82) is 0 Å². The molecule has 0 atom stereocenters. The zero-order chi connectivity index (χ0) is 5.11. The molecule has 0 aliphatic heterocycles. The van der Waals surface area contributed by atoms with Gasteiger partial charge in [0.05, 0.1) is 5.69 Å². The van der Waals surface area contributed by atoms with Crippen molar-refractivity contribution >= 4 is 6.29 Å². The second kappa shape index (κ2) is 1.55. The molecule has 0 saturated carbocycles. The van der Waals surface area contributed by atoms with Gasteiger partial charge >= 0.3 is 0 Å². The van der Waals surface area contributed by atoms with Crippen molar-refractivity contribution < 1.29 is 4.79 Å². The lowest BCUT2D eigenvalue weighted by atomic mass is 10.5. The number of H-pyrrole nitrogens is 1. The Balaban J connectivity index is 2.96. The molecule has 0 spiro atoms. The molecule has 0 aromatic carbocycles. The first-order valence-electron chi connectivity index (χ1n) is 1.80. The lowest BCUT2D eigenvalue weighted by Crippen LogP contribution is -1.75. The lowest BCUT2D eigenvalue weighted by molar-refractivity contribution is 0.111. The monoisotopic (exact) mass is 95.0 g/mol. The number of aromatic nitrogens is 2. The Morgan fingerprint density at radius 2 is 2.86 bits per heavy atom. The summed E-state index contributed by atoms with van der Waals surface area (Å²) in [5.74, 6) is 0. The van der Waals surface area contributed by atoms with Crippen LogP contribution in [0.3, 0.4) is 0 Å². The van der Waals surface area contributed by atoms with E-state index in [1.807, 2.05) is 0 Å². The van der Waals surface area contributed by atoms with Gasteiger partial charge in [-0.25, -0.2) is 0 Å². The fourth-order valence-electron chi connectivity index (χ4n) is 0.291. The molecule has 3 heteroatoms. The number of aromatic amines is 1. The number of carbonyl (C=O) groups is 1. The first kappa shape index (κ1) is 4.05. The van der Waals surface area contributed by atoms with Crippen LogP contribution >= 0.6 is 0 Å². The van der Waals surface area contributed by atoms with E-state index in [-0.39, 0.29) is 0 Å². The van der Waals surface area contributed by atoms with Crippen LogP contribution in [0.1, 0.15) is 10.5 Å². The summed E-state index contributed by atoms with van der Waals surface area (Å²) in [5.41, 5.74) is 0.458. The first-order chi connectivity index (χ1) is 3.43. The van der Waals surface area contributed by atoms with Crippen molar-refractivity contribution in [2.45, 2.75) is 0 Å². The van der Waals surface area contributed by atoms with Gasteiger partial charge in [-0.15, -0.1) is 0 Å².